The number of amides is 2. The van der Waals surface area contributed by atoms with Crippen molar-refractivity contribution >= 4 is 11.7 Å². The number of furan rings is 1. The van der Waals surface area contributed by atoms with Crippen molar-refractivity contribution in [3.8, 4) is 0 Å². The number of urea groups is 1. The minimum Gasteiger partial charge on any atom is -0.466 e. The van der Waals surface area contributed by atoms with E-state index < -0.39 is 34.8 Å². The van der Waals surface area contributed by atoms with Crippen LogP contribution >= 0.6 is 0 Å². The van der Waals surface area contributed by atoms with E-state index in [1.807, 2.05) is 5.32 Å². The molecule has 1 aromatic heterocycles. The van der Waals surface area contributed by atoms with Gasteiger partial charge in [0.25, 0.3) is 0 Å². The van der Waals surface area contributed by atoms with Gasteiger partial charge in [-0.1, -0.05) is 0 Å². The highest BCUT2D eigenvalue weighted by Crippen LogP contribution is 2.21. The minimum atomic E-state index is -1.68. The minimum absolute atomic E-state index is 0.229. The molecule has 0 bridgehead atoms. The Morgan fingerprint density at radius 1 is 1.27 bits per heavy atom. The number of nitrogens with one attached hydrogen (secondary N) is 2. The Labute approximate surface area is 123 Å². The average Bonchev–Trinajstić information content (AvgIpc) is 3.01. The second kappa shape index (κ2) is 6.10. The lowest BCUT2D eigenvalue weighted by molar-refractivity contribution is 0.0372. The Hall–Kier alpha value is -2.48. The van der Waals surface area contributed by atoms with Crippen LogP contribution in [-0.4, -0.2) is 17.7 Å². The summed E-state index contributed by atoms with van der Waals surface area (Å²) < 4.78 is 44.2. The van der Waals surface area contributed by atoms with Gasteiger partial charge in [0.2, 0.25) is 0 Å². The molecule has 0 radical (unpaired) electrons. The molecule has 0 aliphatic rings. The van der Waals surface area contributed by atoms with Crippen molar-refractivity contribution in [2.45, 2.75) is 12.5 Å². The van der Waals surface area contributed by atoms with Gasteiger partial charge in [-0.05, 0) is 31.2 Å². The quantitative estimate of drug-likeness (QED) is 0.760. The number of rotatable bonds is 4. The van der Waals surface area contributed by atoms with Crippen molar-refractivity contribution in [1.29, 1.82) is 0 Å². The van der Waals surface area contributed by atoms with Crippen molar-refractivity contribution in [3.05, 3.63) is 53.7 Å². The summed E-state index contributed by atoms with van der Waals surface area (Å²) in [5.74, 6) is -4.32. The van der Waals surface area contributed by atoms with E-state index in [0.29, 0.717) is 6.07 Å². The van der Waals surface area contributed by atoms with E-state index in [-0.39, 0.29) is 12.3 Å². The van der Waals surface area contributed by atoms with E-state index >= 15 is 0 Å². The Balaban J connectivity index is 1.98. The molecule has 2 amide bonds. The fourth-order valence-electron chi connectivity index (χ4n) is 1.71. The number of anilines is 1. The van der Waals surface area contributed by atoms with Gasteiger partial charge in [0.1, 0.15) is 11.4 Å². The molecule has 22 heavy (non-hydrogen) atoms. The molecule has 0 aliphatic carbocycles. The van der Waals surface area contributed by atoms with E-state index in [0.717, 1.165) is 6.07 Å². The predicted molar refractivity (Wildman–Crippen MR) is 71.6 cm³/mol. The molecule has 1 unspecified atom stereocenters. The molecule has 5 nitrogen and oxygen atoms in total. The summed E-state index contributed by atoms with van der Waals surface area (Å²) in [6, 6.07) is 3.77. The summed E-state index contributed by atoms with van der Waals surface area (Å²) in [6.07, 6.45) is 1.36. The maximum absolute atomic E-state index is 13.4. The number of halogens is 3. The van der Waals surface area contributed by atoms with Gasteiger partial charge in [0.15, 0.2) is 17.5 Å². The van der Waals surface area contributed by atoms with E-state index in [1.165, 1.54) is 19.3 Å². The third-order valence-electron chi connectivity index (χ3n) is 2.93. The molecule has 1 heterocycles. The van der Waals surface area contributed by atoms with Gasteiger partial charge in [-0.2, -0.15) is 0 Å². The molecule has 1 atom stereocenters. The maximum atomic E-state index is 13.4. The van der Waals surface area contributed by atoms with E-state index in [9.17, 15) is 23.1 Å². The zero-order valence-electron chi connectivity index (χ0n) is 11.5. The first-order valence-corrected chi connectivity index (χ1v) is 6.26. The lowest BCUT2D eigenvalue weighted by Gasteiger charge is -2.21. The molecular formula is C14H13F3N2O3. The summed E-state index contributed by atoms with van der Waals surface area (Å²) >= 11 is 0. The largest absolute Gasteiger partial charge is 0.466 e. The highest BCUT2D eigenvalue weighted by atomic mass is 19.2. The molecule has 2 rings (SSSR count). The van der Waals surface area contributed by atoms with Crippen LogP contribution in [0.3, 0.4) is 0 Å². The first kappa shape index (κ1) is 15.9. The van der Waals surface area contributed by atoms with Gasteiger partial charge in [0.05, 0.1) is 18.5 Å². The molecule has 0 saturated heterocycles. The predicted octanol–water partition coefficient (Wildman–Crippen LogP) is 2.73. The van der Waals surface area contributed by atoms with Crippen molar-refractivity contribution < 1.29 is 27.5 Å². The number of carbonyl (C=O) groups is 1. The van der Waals surface area contributed by atoms with Gasteiger partial charge < -0.3 is 20.2 Å². The molecule has 2 aromatic rings. The topological polar surface area (TPSA) is 74.5 Å². The summed E-state index contributed by atoms with van der Waals surface area (Å²) in [5, 5.41) is 14.4. The third kappa shape index (κ3) is 3.40. The number of carbonyl (C=O) groups excluding carboxylic acids is 1. The Morgan fingerprint density at radius 2 is 2.00 bits per heavy atom. The lowest BCUT2D eigenvalue weighted by atomic mass is 10.0. The molecule has 0 saturated carbocycles. The summed E-state index contributed by atoms with van der Waals surface area (Å²) in [6.45, 7) is 1.17. The maximum Gasteiger partial charge on any atom is 0.319 e. The summed E-state index contributed by atoms with van der Waals surface area (Å²) in [4.78, 5) is 11.6. The van der Waals surface area contributed by atoms with Gasteiger partial charge in [-0.25, -0.2) is 18.0 Å². The van der Waals surface area contributed by atoms with Crippen molar-refractivity contribution in [2.24, 2.45) is 0 Å². The van der Waals surface area contributed by atoms with Crippen LogP contribution in [0.4, 0.5) is 23.7 Å². The van der Waals surface area contributed by atoms with Gasteiger partial charge in [0, 0.05) is 0 Å². The molecule has 8 heteroatoms. The fraction of sp³-hybridized carbons (Fsp3) is 0.214. The average molecular weight is 314 g/mol. The Bertz CT molecular complexity index is 672. The van der Waals surface area contributed by atoms with Crippen LogP contribution in [0.2, 0.25) is 0 Å². The van der Waals surface area contributed by atoms with Crippen LogP contribution < -0.4 is 10.6 Å². The van der Waals surface area contributed by atoms with E-state index in [2.05, 4.69) is 5.32 Å². The second-order valence-corrected chi connectivity index (χ2v) is 4.78. The van der Waals surface area contributed by atoms with Crippen LogP contribution in [0.15, 0.2) is 34.9 Å². The van der Waals surface area contributed by atoms with Gasteiger partial charge in [-0.15, -0.1) is 0 Å². The molecule has 118 valence electrons. The van der Waals surface area contributed by atoms with Crippen LogP contribution in [0.5, 0.6) is 0 Å². The first-order valence-electron chi connectivity index (χ1n) is 6.26. The van der Waals surface area contributed by atoms with Crippen molar-refractivity contribution in [1.82, 2.24) is 5.32 Å². The Morgan fingerprint density at radius 3 is 2.64 bits per heavy atom. The smallest absolute Gasteiger partial charge is 0.319 e. The summed E-state index contributed by atoms with van der Waals surface area (Å²) in [7, 11) is 0. The van der Waals surface area contributed by atoms with Crippen molar-refractivity contribution in [3.63, 3.8) is 0 Å². The van der Waals surface area contributed by atoms with Crippen LogP contribution in [0.1, 0.15) is 12.7 Å². The normalized spacial score (nSPS) is 13.5. The molecular weight excluding hydrogens is 301 g/mol. The second-order valence-electron chi connectivity index (χ2n) is 4.78. The monoisotopic (exact) mass is 314 g/mol. The highest BCUT2D eigenvalue weighted by molar-refractivity contribution is 5.89. The van der Waals surface area contributed by atoms with Crippen LogP contribution in [0.25, 0.3) is 0 Å². The first-order chi connectivity index (χ1) is 10.3. The van der Waals surface area contributed by atoms with Crippen molar-refractivity contribution in [2.75, 3.05) is 11.9 Å². The number of aliphatic hydroxyl groups is 1. The van der Waals surface area contributed by atoms with Gasteiger partial charge >= 0.3 is 6.03 Å². The third-order valence-corrected chi connectivity index (χ3v) is 2.93. The zero-order valence-corrected chi connectivity index (χ0v) is 11.5. The molecule has 0 fully saturated rings. The molecule has 0 spiro atoms. The van der Waals surface area contributed by atoms with Crippen LogP contribution in [0, 0.1) is 17.5 Å². The summed E-state index contributed by atoms with van der Waals surface area (Å²) in [5.41, 5.74) is -2.00. The standard InChI is InChI=1S/C14H13F3N2O3/c1-14(21,10-3-2-6-22-10)7-18-13(20)19-9-5-4-8(15)11(16)12(9)17/h2-6,21H,7H2,1H3,(H2,18,19,20). The number of benzene rings is 1. The number of hydrogen-bond donors (Lipinski definition) is 3. The van der Waals surface area contributed by atoms with Crippen LogP contribution in [-0.2, 0) is 5.60 Å². The fourth-order valence-corrected chi connectivity index (χ4v) is 1.71. The lowest BCUT2D eigenvalue weighted by Crippen LogP contribution is -2.40. The molecule has 1 aromatic carbocycles. The number of hydrogen-bond acceptors (Lipinski definition) is 3. The molecule has 0 aliphatic heterocycles. The molecule has 3 N–H and O–H groups in total. The van der Waals surface area contributed by atoms with E-state index in [1.54, 1.807) is 6.07 Å². The highest BCUT2D eigenvalue weighted by Gasteiger charge is 2.27. The Kier molecular flexibility index (Phi) is 4.41. The van der Waals surface area contributed by atoms with E-state index in [4.69, 9.17) is 4.42 Å². The zero-order chi connectivity index (χ0) is 16.3. The van der Waals surface area contributed by atoms with Gasteiger partial charge in [-0.3, -0.25) is 0 Å². The SMILES string of the molecule is CC(O)(CNC(=O)Nc1ccc(F)c(F)c1F)c1ccco1.